The monoisotopic (exact) mass is 397 g/mol. The van der Waals surface area contributed by atoms with Gasteiger partial charge >= 0.3 is 0 Å². The molecule has 2 aromatic carbocycles. The van der Waals surface area contributed by atoms with Crippen molar-refractivity contribution in [2.24, 2.45) is 0 Å². The highest BCUT2D eigenvalue weighted by Gasteiger charge is 2.32. The van der Waals surface area contributed by atoms with E-state index in [1.165, 1.54) is 16.3 Å². The number of carbonyl (C=O) groups excluding carboxylic acids is 2. The standard InChI is InChI=1S/C20H13F2N3O2S/c1-11-12-5-2-3-6-13(12)19(27)25(11)9-17(26)24-20-23-16(10-28-20)18-14(21)7-4-8-15(18)22/h2-8,10H,1,9H2,(H,23,24,26). The Balaban J connectivity index is 1.48. The van der Waals surface area contributed by atoms with E-state index in [9.17, 15) is 18.4 Å². The molecule has 0 unspecified atom stereocenters. The summed E-state index contributed by atoms with van der Waals surface area (Å²) in [6, 6.07) is 10.5. The van der Waals surface area contributed by atoms with Crippen LogP contribution in [0, 0.1) is 11.6 Å². The summed E-state index contributed by atoms with van der Waals surface area (Å²) in [5.74, 6) is -2.26. The van der Waals surface area contributed by atoms with E-state index < -0.39 is 17.5 Å². The number of nitrogens with zero attached hydrogens (tertiary/aromatic N) is 2. The van der Waals surface area contributed by atoms with Crippen LogP contribution in [0.4, 0.5) is 13.9 Å². The Morgan fingerprint density at radius 1 is 1.11 bits per heavy atom. The zero-order chi connectivity index (χ0) is 19.8. The van der Waals surface area contributed by atoms with Crippen molar-refractivity contribution < 1.29 is 18.4 Å². The van der Waals surface area contributed by atoms with E-state index in [2.05, 4.69) is 16.9 Å². The first kappa shape index (κ1) is 18.0. The average molecular weight is 397 g/mol. The SMILES string of the molecule is C=C1c2ccccc2C(=O)N1CC(=O)Nc1nc(-c2c(F)cccc2F)cs1. The molecule has 5 nitrogen and oxygen atoms in total. The molecule has 8 heteroatoms. The van der Waals surface area contributed by atoms with Crippen molar-refractivity contribution in [1.29, 1.82) is 0 Å². The molecule has 0 saturated carbocycles. The number of thiazole rings is 1. The van der Waals surface area contributed by atoms with Crippen LogP contribution in [0.15, 0.2) is 54.4 Å². The van der Waals surface area contributed by atoms with Crippen molar-refractivity contribution in [1.82, 2.24) is 9.88 Å². The van der Waals surface area contributed by atoms with Crippen molar-refractivity contribution in [2.45, 2.75) is 0 Å². The summed E-state index contributed by atoms with van der Waals surface area (Å²) in [5.41, 5.74) is 1.46. The number of nitrogens with one attached hydrogen (secondary N) is 1. The first-order valence-corrected chi connectivity index (χ1v) is 9.13. The fraction of sp³-hybridized carbons (Fsp3) is 0.0500. The van der Waals surface area contributed by atoms with Gasteiger partial charge in [-0.25, -0.2) is 13.8 Å². The van der Waals surface area contributed by atoms with Gasteiger partial charge in [0.05, 0.1) is 11.3 Å². The predicted octanol–water partition coefficient (Wildman–Crippen LogP) is 4.15. The summed E-state index contributed by atoms with van der Waals surface area (Å²) in [6.07, 6.45) is 0. The topological polar surface area (TPSA) is 62.3 Å². The molecule has 1 aliphatic heterocycles. The summed E-state index contributed by atoms with van der Waals surface area (Å²) in [6.45, 7) is 3.64. The van der Waals surface area contributed by atoms with E-state index in [4.69, 9.17) is 0 Å². The highest BCUT2D eigenvalue weighted by molar-refractivity contribution is 7.14. The van der Waals surface area contributed by atoms with Crippen molar-refractivity contribution in [2.75, 3.05) is 11.9 Å². The van der Waals surface area contributed by atoms with Crippen LogP contribution in [0.2, 0.25) is 0 Å². The third kappa shape index (κ3) is 3.07. The number of fused-ring (bicyclic) bond motifs is 1. The minimum Gasteiger partial charge on any atom is -0.300 e. The molecule has 0 spiro atoms. The van der Waals surface area contributed by atoms with Gasteiger partial charge in [0.1, 0.15) is 18.2 Å². The van der Waals surface area contributed by atoms with Crippen LogP contribution in [0.25, 0.3) is 17.0 Å². The van der Waals surface area contributed by atoms with Gasteiger partial charge in [0.25, 0.3) is 5.91 Å². The predicted molar refractivity (Wildman–Crippen MR) is 103 cm³/mol. The molecular weight excluding hydrogens is 384 g/mol. The fourth-order valence-corrected chi connectivity index (χ4v) is 3.71. The number of hydrogen-bond donors (Lipinski definition) is 1. The summed E-state index contributed by atoms with van der Waals surface area (Å²) in [5, 5.41) is 4.18. The van der Waals surface area contributed by atoms with E-state index in [1.807, 2.05) is 0 Å². The Bertz CT molecular complexity index is 1070. The van der Waals surface area contributed by atoms with Crippen LogP contribution in [0.3, 0.4) is 0 Å². The number of rotatable bonds is 4. The number of aromatic nitrogens is 1. The van der Waals surface area contributed by atoms with Crippen LogP contribution in [0.1, 0.15) is 15.9 Å². The van der Waals surface area contributed by atoms with E-state index in [1.54, 1.807) is 24.3 Å². The molecule has 0 atom stereocenters. The van der Waals surface area contributed by atoms with E-state index in [-0.39, 0.29) is 28.8 Å². The quantitative estimate of drug-likeness (QED) is 0.719. The van der Waals surface area contributed by atoms with Gasteiger partial charge in [0, 0.05) is 22.2 Å². The molecule has 0 radical (unpaired) electrons. The lowest BCUT2D eigenvalue weighted by molar-refractivity contribution is -0.116. The smallest absolute Gasteiger partial charge is 0.259 e. The molecule has 2 heterocycles. The number of carbonyl (C=O) groups is 2. The number of halogens is 2. The van der Waals surface area contributed by atoms with E-state index >= 15 is 0 Å². The second-order valence-corrected chi connectivity index (χ2v) is 6.92. The number of amides is 2. The number of hydrogen-bond acceptors (Lipinski definition) is 4. The van der Waals surface area contributed by atoms with Gasteiger partial charge in [-0.05, 0) is 18.2 Å². The molecule has 140 valence electrons. The van der Waals surface area contributed by atoms with Gasteiger partial charge in [-0.15, -0.1) is 11.3 Å². The maximum Gasteiger partial charge on any atom is 0.259 e. The van der Waals surface area contributed by atoms with Crippen LogP contribution in [-0.4, -0.2) is 28.2 Å². The fourth-order valence-electron chi connectivity index (χ4n) is 2.99. The second-order valence-electron chi connectivity index (χ2n) is 6.07. The Morgan fingerprint density at radius 2 is 1.79 bits per heavy atom. The van der Waals surface area contributed by atoms with Gasteiger partial charge < -0.3 is 5.32 Å². The molecule has 0 fully saturated rings. The van der Waals surface area contributed by atoms with Crippen molar-refractivity contribution in [3.05, 3.63) is 77.2 Å². The Hall–Kier alpha value is -3.39. The molecule has 1 N–H and O–H groups in total. The van der Waals surface area contributed by atoms with Crippen LogP contribution < -0.4 is 5.32 Å². The molecule has 1 aliphatic rings. The first-order valence-electron chi connectivity index (χ1n) is 8.25. The van der Waals surface area contributed by atoms with Gasteiger partial charge in [-0.1, -0.05) is 30.8 Å². The molecule has 0 bridgehead atoms. The third-order valence-corrected chi connectivity index (χ3v) is 5.07. The molecule has 0 saturated heterocycles. The van der Waals surface area contributed by atoms with Crippen LogP contribution in [-0.2, 0) is 4.79 Å². The molecular formula is C20H13F2N3O2S. The zero-order valence-corrected chi connectivity index (χ0v) is 15.2. The molecule has 28 heavy (non-hydrogen) atoms. The summed E-state index contributed by atoms with van der Waals surface area (Å²) in [4.78, 5) is 30.2. The lowest BCUT2D eigenvalue weighted by Gasteiger charge is -2.16. The zero-order valence-electron chi connectivity index (χ0n) is 14.4. The largest absolute Gasteiger partial charge is 0.300 e. The van der Waals surface area contributed by atoms with E-state index in [0.29, 0.717) is 16.8 Å². The highest BCUT2D eigenvalue weighted by Crippen LogP contribution is 2.32. The molecule has 1 aromatic heterocycles. The van der Waals surface area contributed by atoms with Gasteiger partial charge in [0.2, 0.25) is 5.91 Å². The normalized spacial score (nSPS) is 13.0. The van der Waals surface area contributed by atoms with Crippen molar-refractivity contribution >= 4 is 34.0 Å². The third-order valence-electron chi connectivity index (χ3n) is 4.31. The Kier molecular flexibility index (Phi) is 4.48. The molecule has 4 rings (SSSR count). The van der Waals surface area contributed by atoms with Gasteiger partial charge in [-0.3, -0.25) is 14.5 Å². The van der Waals surface area contributed by atoms with E-state index in [0.717, 1.165) is 23.5 Å². The Morgan fingerprint density at radius 3 is 2.46 bits per heavy atom. The molecule has 0 aliphatic carbocycles. The van der Waals surface area contributed by atoms with Crippen LogP contribution in [0.5, 0.6) is 0 Å². The minimum absolute atomic E-state index is 0.0879. The summed E-state index contributed by atoms with van der Waals surface area (Å²) in [7, 11) is 0. The van der Waals surface area contributed by atoms with Crippen molar-refractivity contribution in [3.8, 4) is 11.3 Å². The first-order chi connectivity index (χ1) is 13.5. The second kappa shape index (κ2) is 6.97. The maximum atomic E-state index is 13.9. The maximum absolute atomic E-state index is 13.9. The lowest BCUT2D eigenvalue weighted by Crippen LogP contribution is -2.32. The lowest BCUT2D eigenvalue weighted by atomic mass is 10.1. The highest BCUT2D eigenvalue weighted by atomic mass is 32.1. The molecule has 2 amide bonds. The summed E-state index contributed by atoms with van der Waals surface area (Å²) < 4.78 is 27.8. The molecule has 3 aromatic rings. The summed E-state index contributed by atoms with van der Waals surface area (Å²) >= 11 is 1.03. The average Bonchev–Trinajstić information content (AvgIpc) is 3.21. The van der Waals surface area contributed by atoms with Crippen LogP contribution >= 0.6 is 11.3 Å². The van der Waals surface area contributed by atoms with Gasteiger partial charge in [0.15, 0.2) is 5.13 Å². The minimum atomic E-state index is -0.736. The van der Waals surface area contributed by atoms with Gasteiger partial charge in [-0.2, -0.15) is 0 Å². The number of anilines is 1. The number of benzene rings is 2. The van der Waals surface area contributed by atoms with Crippen molar-refractivity contribution in [3.63, 3.8) is 0 Å². The Labute approximate surface area is 162 Å².